The highest BCUT2D eigenvalue weighted by atomic mass is 16.2. The minimum absolute atomic E-state index is 0.214. The number of nitrogens with zero attached hydrogens (tertiary/aromatic N) is 1. The fourth-order valence-corrected chi connectivity index (χ4v) is 3.10. The van der Waals surface area contributed by atoms with E-state index in [0.29, 0.717) is 11.3 Å². The number of benzene rings is 2. The number of aromatic nitrogens is 3. The second kappa shape index (κ2) is 7.03. The maximum atomic E-state index is 12.2. The molecule has 4 aromatic rings. The summed E-state index contributed by atoms with van der Waals surface area (Å²) in [4.78, 5) is 26.8. The third kappa shape index (κ3) is 3.50. The first-order valence-corrected chi connectivity index (χ1v) is 8.83. The predicted octanol–water partition coefficient (Wildman–Crippen LogP) is 4.18. The average Bonchev–Trinajstić information content (AvgIpc) is 3.04. The van der Waals surface area contributed by atoms with Crippen molar-refractivity contribution in [3.05, 3.63) is 76.2 Å². The van der Waals surface area contributed by atoms with Crippen LogP contribution in [0.1, 0.15) is 11.3 Å². The number of H-pyrrole nitrogens is 2. The Labute approximate surface area is 160 Å². The van der Waals surface area contributed by atoms with Gasteiger partial charge in [0, 0.05) is 28.5 Å². The van der Waals surface area contributed by atoms with Gasteiger partial charge in [-0.2, -0.15) is 5.10 Å². The number of carbonyl (C=O) groups is 1. The molecule has 0 aliphatic heterocycles. The van der Waals surface area contributed by atoms with Crippen LogP contribution in [0.15, 0.2) is 59.4 Å². The van der Waals surface area contributed by atoms with Gasteiger partial charge in [0.15, 0.2) is 5.65 Å². The summed E-state index contributed by atoms with van der Waals surface area (Å²) in [5.74, 6) is 0. The van der Waals surface area contributed by atoms with Gasteiger partial charge in [0.1, 0.15) is 0 Å². The van der Waals surface area contributed by atoms with Crippen LogP contribution in [0.3, 0.4) is 0 Å². The largest absolute Gasteiger partial charge is 0.323 e. The number of aryl methyl sites for hydroxylation is 2. The van der Waals surface area contributed by atoms with Gasteiger partial charge in [-0.05, 0) is 49.2 Å². The number of hydrogen-bond donors (Lipinski definition) is 4. The van der Waals surface area contributed by atoms with Crippen molar-refractivity contribution in [3.8, 4) is 11.1 Å². The molecule has 0 unspecified atom stereocenters. The number of aromatic amines is 2. The van der Waals surface area contributed by atoms with Crippen LogP contribution in [-0.2, 0) is 0 Å². The fraction of sp³-hybridized carbons (Fsp3) is 0.0952. The van der Waals surface area contributed by atoms with E-state index in [4.69, 9.17) is 0 Å². The zero-order valence-electron chi connectivity index (χ0n) is 15.5. The van der Waals surface area contributed by atoms with Gasteiger partial charge in [-0.15, -0.1) is 0 Å². The molecule has 0 bridgehead atoms. The fourth-order valence-electron chi connectivity index (χ4n) is 3.10. The number of hydrogen-bond acceptors (Lipinski definition) is 3. The highest BCUT2D eigenvalue weighted by Gasteiger charge is 2.11. The molecular formula is C21H19N5O2. The van der Waals surface area contributed by atoms with Crippen LogP contribution >= 0.6 is 0 Å². The Kier molecular flexibility index (Phi) is 4.41. The first-order chi connectivity index (χ1) is 13.5. The van der Waals surface area contributed by atoms with Crippen molar-refractivity contribution in [1.29, 1.82) is 0 Å². The lowest BCUT2D eigenvalue weighted by Gasteiger charge is -2.09. The molecule has 2 heterocycles. The normalized spacial score (nSPS) is 10.8. The number of pyridine rings is 1. The molecule has 4 N–H and O–H groups in total. The van der Waals surface area contributed by atoms with Gasteiger partial charge >= 0.3 is 6.03 Å². The predicted molar refractivity (Wildman–Crippen MR) is 111 cm³/mol. The van der Waals surface area contributed by atoms with Crippen molar-refractivity contribution < 1.29 is 4.79 Å². The molecule has 0 atom stereocenters. The minimum atomic E-state index is -0.319. The number of carbonyl (C=O) groups excluding carboxylic acids is 1. The van der Waals surface area contributed by atoms with E-state index in [2.05, 4.69) is 25.8 Å². The van der Waals surface area contributed by atoms with Gasteiger partial charge < -0.3 is 15.6 Å². The van der Waals surface area contributed by atoms with Gasteiger partial charge in [0.2, 0.25) is 5.56 Å². The van der Waals surface area contributed by atoms with E-state index in [1.807, 2.05) is 50.2 Å². The Morgan fingerprint density at radius 3 is 2.18 bits per heavy atom. The molecule has 0 spiro atoms. The molecule has 4 rings (SSSR count). The van der Waals surface area contributed by atoms with E-state index in [0.717, 1.165) is 33.5 Å². The summed E-state index contributed by atoms with van der Waals surface area (Å²) < 4.78 is 0. The van der Waals surface area contributed by atoms with E-state index in [1.54, 1.807) is 18.2 Å². The summed E-state index contributed by atoms with van der Waals surface area (Å²) in [5.41, 5.74) is 5.35. The van der Waals surface area contributed by atoms with E-state index < -0.39 is 0 Å². The van der Waals surface area contributed by atoms with Gasteiger partial charge in [-0.25, -0.2) is 4.79 Å². The number of urea groups is 1. The number of amides is 2. The van der Waals surface area contributed by atoms with Crippen LogP contribution in [0.25, 0.3) is 22.2 Å². The maximum absolute atomic E-state index is 12.2. The van der Waals surface area contributed by atoms with Crippen LogP contribution < -0.4 is 16.2 Å². The highest BCUT2D eigenvalue weighted by Crippen LogP contribution is 2.28. The van der Waals surface area contributed by atoms with Crippen molar-refractivity contribution >= 4 is 28.4 Å². The summed E-state index contributed by atoms with van der Waals surface area (Å²) >= 11 is 0. The zero-order chi connectivity index (χ0) is 19.7. The van der Waals surface area contributed by atoms with Crippen LogP contribution in [0.5, 0.6) is 0 Å². The second-order valence-electron chi connectivity index (χ2n) is 6.64. The van der Waals surface area contributed by atoms with E-state index >= 15 is 0 Å². The summed E-state index contributed by atoms with van der Waals surface area (Å²) in [6.07, 6.45) is 0. The molecule has 7 nitrogen and oxygen atoms in total. The summed E-state index contributed by atoms with van der Waals surface area (Å²) in [6, 6.07) is 16.1. The molecule has 28 heavy (non-hydrogen) atoms. The van der Waals surface area contributed by atoms with Crippen LogP contribution in [0, 0.1) is 13.8 Å². The first-order valence-electron chi connectivity index (χ1n) is 8.83. The van der Waals surface area contributed by atoms with Crippen molar-refractivity contribution in [3.63, 3.8) is 0 Å². The first kappa shape index (κ1) is 17.5. The lowest BCUT2D eigenvalue weighted by atomic mass is 10.0. The molecule has 140 valence electrons. The molecule has 0 saturated carbocycles. The van der Waals surface area contributed by atoms with Gasteiger partial charge in [0.25, 0.3) is 0 Å². The Morgan fingerprint density at radius 1 is 0.929 bits per heavy atom. The third-order valence-corrected chi connectivity index (χ3v) is 4.50. The van der Waals surface area contributed by atoms with Gasteiger partial charge in [-0.1, -0.05) is 29.8 Å². The quantitative estimate of drug-likeness (QED) is 0.433. The lowest BCUT2D eigenvalue weighted by molar-refractivity contribution is 0.262. The lowest BCUT2D eigenvalue weighted by Crippen LogP contribution is -2.19. The van der Waals surface area contributed by atoms with E-state index in [1.165, 1.54) is 0 Å². The third-order valence-electron chi connectivity index (χ3n) is 4.50. The van der Waals surface area contributed by atoms with Gasteiger partial charge in [-0.3, -0.25) is 9.89 Å². The van der Waals surface area contributed by atoms with Crippen molar-refractivity contribution in [2.75, 3.05) is 10.6 Å². The van der Waals surface area contributed by atoms with E-state index in [9.17, 15) is 9.59 Å². The Bertz CT molecular complexity index is 1200. The molecule has 0 fully saturated rings. The monoisotopic (exact) mass is 373 g/mol. The molecule has 2 aromatic heterocycles. The van der Waals surface area contributed by atoms with Gasteiger partial charge in [0.05, 0.1) is 0 Å². The molecule has 0 aliphatic rings. The summed E-state index contributed by atoms with van der Waals surface area (Å²) in [5, 5.41) is 13.5. The maximum Gasteiger partial charge on any atom is 0.323 e. The molecule has 0 saturated heterocycles. The molecule has 0 aliphatic carbocycles. The zero-order valence-corrected chi connectivity index (χ0v) is 15.5. The molecule has 2 aromatic carbocycles. The highest BCUT2D eigenvalue weighted by molar-refractivity contribution is 6.00. The van der Waals surface area contributed by atoms with Crippen LogP contribution in [-0.4, -0.2) is 21.2 Å². The van der Waals surface area contributed by atoms with Crippen LogP contribution in [0.2, 0.25) is 0 Å². The van der Waals surface area contributed by atoms with Crippen molar-refractivity contribution in [2.45, 2.75) is 13.8 Å². The Morgan fingerprint density at radius 2 is 1.54 bits per heavy atom. The summed E-state index contributed by atoms with van der Waals surface area (Å²) in [7, 11) is 0. The minimum Gasteiger partial charge on any atom is -0.308 e. The van der Waals surface area contributed by atoms with Crippen LogP contribution in [0.4, 0.5) is 16.2 Å². The Balaban J connectivity index is 1.54. The number of rotatable bonds is 3. The van der Waals surface area contributed by atoms with Crippen molar-refractivity contribution in [2.24, 2.45) is 0 Å². The Hall–Kier alpha value is -3.87. The number of fused-ring (bicyclic) bond motifs is 1. The van der Waals surface area contributed by atoms with E-state index in [-0.39, 0.29) is 11.6 Å². The molecular weight excluding hydrogens is 354 g/mol. The molecule has 2 amide bonds. The topological polar surface area (TPSA) is 103 Å². The number of anilines is 2. The SMILES string of the molecule is Cc1ccc(NC(=O)Nc2ccc(-c3cc(=O)[nH]c4n[nH]c(C)c34)cc2)cc1. The average molecular weight is 373 g/mol. The van der Waals surface area contributed by atoms with Crippen molar-refractivity contribution in [1.82, 2.24) is 15.2 Å². The second-order valence-corrected chi connectivity index (χ2v) is 6.64. The molecule has 7 heteroatoms. The summed E-state index contributed by atoms with van der Waals surface area (Å²) in [6.45, 7) is 3.90. The standard InChI is InChI=1S/C21H19N5O2/c1-12-3-7-15(8-4-12)22-21(28)23-16-9-5-14(6-10-16)17-11-18(27)24-20-19(17)13(2)25-26-20/h3-11H,1-2H3,(H2,22,23,28)(H2,24,25,26,27). The smallest absolute Gasteiger partial charge is 0.308 e. The number of nitrogens with one attached hydrogen (secondary N) is 4. The molecule has 0 radical (unpaired) electrons.